The van der Waals surface area contributed by atoms with E-state index in [1.165, 1.54) is 65.5 Å². The van der Waals surface area contributed by atoms with Gasteiger partial charge in [0, 0.05) is 15.5 Å². The second-order valence-corrected chi connectivity index (χ2v) is 12.6. The van der Waals surface area contributed by atoms with Gasteiger partial charge in [0.05, 0.1) is 0 Å². The Hall–Kier alpha value is -2.54. The minimum atomic E-state index is 0.142. The highest BCUT2D eigenvalue weighted by molar-refractivity contribution is 6.30. The summed E-state index contributed by atoms with van der Waals surface area (Å²) in [5, 5.41) is 1.58. The van der Waals surface area contributed by atoms with Crippen LogP contribution in [0.25, 0.3) is 33.4 Å². The summed E-state index contributed by atoms with van der Waals surface area (Å²) in [6.45, 7) is 0. The first-order valence-electron chi connectivity index (χ1n) is 13.4. The van der Waals surface area contributed by atoms with Crippen molar-refractivity contribution >= 4 is 23.2 Å². The van der Waals surface area contributed by atoms with Gasteiger partial charge in [0.25, 0.3) is 0 Å². The van der Waals surface area contributed by atoms with Crippen molar-refractivity contribution in [3.05, 3.63) is 106 Å². The Labute approximate surface area is 223 Å². The molecule has 0 unspecified atom stereocenters. The van der Waals surface area contributed by atoms with Gasteiger partial charge < -0.3 is 0 Å². The van der Waals surface area contributed by atoms with Crippen molar-refractivity contribution in [2.75, 3.05) is 0 Å². The molecule has 0 radical (unpaired) electrons. The number of hydrogen-bond acceptors (Lipinski definition) is 0. The van der Waals surface area contributed by atoms with Gasteiger partial charge in [-0.25, -0.2) is 0 Å². The molecule has 4 fully saturated rings. The van der Waals surface area contributed by atoms with Crippen LogP contribution in [0, 0.1) is 23.7 Å². The predicted octanol–water partition coefficient (Wildman–Crippen LogP) is 10.0. The van der Waals surface area contributed by atoms with Gasteiger partial charge in [-0.1, -0.05) is 71.7 Å². The van der Waals surface area contributed by atoms with Crippen LogP contribution in [0.3, 0.4) is 0 Å². The first kappa shape index (κ1) is 21.5. The van der Waals surface area contributed by atoms with Crippen LogP contribution in [-0.4, -0.2) is 0 Å². The highest BCUT2D eigenvalue weighted by atomic mass is 35.5. The monoisotopic (exact) mass is 506 g/mol. The molecule has 4 saturated carbocycles. The second-order valence-electron chi connectivity index (χ2n) is 11.7. The van der Waals surface area contributed by atoms with Gasteiger partial charge in [0.15, 0.2) is 0 Å². The third-order valence-corrected chi connectivity index (χ3v) is 10.5. The first-order chi connectivity index (χ1) is 17.6. The van der Waals surface area contributed by atoms with E-state index in [4.69, 9.17) is 23.2 Å². The van der Waals surface area contributed by atoms with Gasteiger partial charge in [0.1, 0.15) is 0 Å². The normalized spacial score (nSPS) is 26.3. The molecule has 4 aromatic rings. The molecule has 0 N–H and O–H groups in total. The topological polar surface area (TPSA) is 0 Å². The molecule has 1 spiro atoms. The van der Waals surface area contributed by atoms with Crippen molar-refractivity contribution < 1.29 is 0 Å². The molecule has 0 heterocycles. The highest BCUT2D eigenvalue weighted by Gasteiger charge is 2.61. The largest absolute Gasteiger partial charge is 0.0843 e. The van der Waals surface area contributed by atoms with Crippen LogP contribution in [0.2, 0.25) is 10.0 Å². The zero-order valence-electron chi connectivity index (χ0n) is 20.2. The summed E-state index contributed by atoms with van der Waals surface area (Å²) in [6, 6.07) is 31.2. The van der Waals surface area contributed by atoms with Crippen molar-refractivity contribution in [3.63, 3.8) is 0 Å². The Balaban J connectivity index is 1.35. The van der Waals surface area contributed by atoms with E-state index in [0.717, 1.165) is 33.7 Å². The molecule has 0 aliphatic heterocycles. The minimum Gasteiger partial charge on any atom is -0.0843 e. The Morgan fingerprint density at radius 3 is 1.28 bits per heavy atom. The van der Waals surface area contributed by atoms with E-state index in [1.807, 2.05) is 24.3 Å². The van der Waals surface area contributed by atoms with Crippen molar-refractivity contribution in [3.8, 4) is 33.4 Å². The van der Waals surface area contributed by atoms with Crippen LogP contribution in [0.5, 0.6) is 0 Å². The van der Waals surface area contributed by atoms with Crippen LogP contribution in [0.4, 0.5) is 0 Å². The summed E-state index contributed by atoms with van der Waals surface area (Å²) in [7, 11) is 0. The van der Waals surface area contributed by atoms with E-state index < -0.39 is 0 Å². The fraction of sp³-hybridized carbons (Fsp3) is 0.294. The molecular formula is C34H28Cl2. The Morgan fingerprint density at radius 1 is 0.472 bits per heavy atom. The molecule has 5 aliphatic carbocycles. The van der Waals surface area contributed by atoms with Crippen LogP contribution in [0.15, 0.2) is 84.9 Å². The molecule has 0 nitrogen and oxygen atoms in total. The number of fused-ring (bicyclic) bond motifs is 3. The Morgan fingerprint density at radius 2 is 0.861 bits per heavy atom. The van der Waals surface area contributed by atoms with Gasteiger partial charge >= 0.3 is 0 Å². The molecule has 4 aromatic carbocycles. The molecule has 36 heavy (non-hydrogen) atoms. The van der Waals surface area contributed by atoms with Gasteiger partial charge in [-0.3, -0.25) is 0 Å². The Bertz CT molecular complexity index is 1370. The summed E-state index contributed by atoms with van der Waals surface area (Å²) in [5.74, 6) is 3.36. The van der Waals surface area contributed by atoms with E-state index in [2.05, 4.69) is 60.7 Å². The zero-order valence-corrected chi connectivity index (χ0v) is 21.7. The van der Waals surface area contributed by atoms with Crippen LogP contribution < -0.4 is 0 Å². The molecule has 0 atom stereocenters. The number of rotatable bonds is 2. The lowest BCUT2D eigenvalue weighted by molar-refractivity contribution is -0.0399. The lowest BCUT2D eigenvalue weighted by Crippen LogP contribution is -2.55. The lowest BCUT2D eigenvalue weighted by Gasteiger charge is -2.61. The van der Waals surface area contributed by atoms with Gasteiger partial charge in [0.2, 0.25) is 0 Å². The van der Waals surface area contributed by atoms with E-state index in [1.54, 1.807) is 11.1 Å². The molecule has 0 amide bonds. The molecule has 178 valence electrons. The fourth-order valence-corrected chi connectivity index (χ4v) is 9.09. The summed E-state index contributed by atoms with van der Waals surface area (Å²) < 4.78 is 0. The summed E-state index contributed by atoms with van der Waals surface area (Å²) in [6.07, 6.45) is 7.04. The maximum Gasteiger partial charge on any atom is 0.0406 e. The van der Waals surface area contributed by atoms with E-state index in [0.29, 0.717) is 0 Å². The minimum absolute atomic E-state index is 0.142. The second kappa shape index (κ2) is 7.73. The highest BCUT2D eigenvalue weighted by Crippen LogP contribution is 2.69. The zero-order chi connectivity index (χ0) is 24.0. The number of hydrogen-bond donors (Lipinski definition) is 0. The fourth-order valence-electron chi connectivity index (χ4n) is 8.84. The van der Waals surface area contributed by atoms with E-state index in [9.17, 15) is 0 Å². The van der Waals surface area contributed by atoms with Crippen molar-refractivity contribution in [2.24, 2.45) is 23.7 Å². The summed E-state index contributed by atoms with van der Waals surface area (Å²) in [5.41, 5.74) is 11.4. The van der Waals surface area contributed by atoms with Crippen LogP contribution in [-0.2, 0) is 5.41 Å². The molecule has 2 heteroatoms. The van der Waals surface area contributed by atoms with E-state index >= 15 is 0 Å². The van der Waals surface area contributed by atoms with Crippen LogP contribution in [0.1, 0.15) is 43.2 Å². The number of benzene rings is 4. The van der Waals surface area contributed by atoms with Crippen molar-refractivity contribution in [1.82, 2.24) is 0 Å². The molecule has 9 rings (SSSR count). The molecule has 0 saturated heterocycles. The molecule has 0 aromatic heterocycles. The average Bonchev–Trinajstić information content (AvgIpc) is 3.17. The smallest absolute Gasteiger partial charge is 0.0406 e. The third-order valence-electron chi connectivity index (χ3n) is 10.0. The Kier molecular flexibility index (Phi) is 4.63. The molecule has 5 aliphatic rings. The standard InChI is InChI=1S/C34H28Cl2/c35-28-7-1-22(2-8-28)24-5-11-30-31-12-6-25(23-3-9-29(36)10-4-23)19-33(31)34(32(30)18-24)26-14-20-13-21(16-26)17-27(34)15-20/h1-12,18-21,26-27H,13-17H2. The average molecular weight is 508 g/mol. The quantitative estimate of drug-likeness (QED) is 0.253. The SMILES string of the molecule is Clc1ccc(-c2ccc3c(c2)C2(c4cc(-c5ccc(Cl)cc5)ccc4-3)C3CC4CC(C3)CC2C4)cc1. The third kappa shape index (κ3) is 2.95. The summed E-state index contributed by atoms with van der Waals surface area (Å²) >= 11 is 12.4. The van der Waals surface area contributed by atoms with Gasteiger partial charge in [-0.2, -0.15) is 0 Å². The number of halogens is 2. The lowest BCUT2D eigenvalue weighted by atomic mass is 9.43. The van der Waals surface area contributed by atoms with Gasteiger partial charge in [-0.05, 0) is 137 Å². The molecule has 4 bridgehead atoms. The predicted molar refractivity (Wildman–Crippen MR) is 151 cm³/mol. The van der Waals surface area contributed by atoms with Crippen molar-refractivity contribution in [2.45, 2.75) is 37.5 Å². The summed E-state index contributed by atoms with van der Waals surface area (Å²) in [4.78, 5) is 0. The first-order valence-corrected chi connectivity index (χ1v) is 14.2. The van der Waals surface area contributed by atoms with E-state index in [-0.39, 0.29) is 5.41 Å². The van der Waals surface area contributed by atoms with Crippen molar-refractivity contribution in [1.29, 1.82) is 0 Å². The van der Waals surface area contributed by atoms with Crippen LogP contribution >= 0.6 is 23.2 Å². The maximum atomic E-state index is 6.22. The van der Waals surface area contributed by atoms with Gasteiger partial charge in [-0.15, -0.1) is 0 Å². The molecular weight excluding hydrogens is 479 g/mol. The maximum absolute atomic E-state index is 6.22.